The molecule has 2 atom stereocenters. The number of carbonyl (C=O) groups excluding carboxylic acids is 2. The summed E-state index contributed by atoms with van der Waals surface area (Å²) in [6.45, 7) is 3.69. The number of nitrogens with one attached hydrogen (secondary N) is 1. The number of carbonyl (C=O) groups is 2. The van der Waals surface area contributed by atoms with Crippen LogP contribution in [0.3, 0.4) is 0 Å². The Hall–Kier alpha value is -4.51. The van der Waals surface area contributed by atoms with Gasteiger partial charge in [0.05, 0.1) is 38.6 Å². The van der Waals surface area contributed by atoms with Crippen LogP contribution in [0.15, 0.2) is 79.1 Å². The number of aromatic amines is 1. The number of ether oxygens (including phenoxy) is 5. The van der Waals surface area contributed by atoms with E-state index in [1.165, 1.54) is 0 Å². The Labute approximate surface area is 319 Å². The van der Waals surface area contributed by atoms with Gasteiger partial charge in [-0.2, -0.15) is 0 Å². The number of hydrogen-bond acceptors (Lipinski definition) is 8. The van der Waals surface area contributed by atoms with Crippen LogP contribution in [-0.2, 0) is 22.4 Å². The Morgan fingerprint density at radius 1 is 0.887 bits per heavy atom. The lowest BCUT2D eigenvalue weighted by Crippen LogP contribution is -2.53. The number of piperidine rings is 3. The van der Waals surface area contributed by atoms with Crippen molar-refractivity contribution in [1.29, 1.82) is 0 Å². The predicted octanol–water partition coefficient (Wildman–Crippen LogP) is 7.99. The second-order valence-electron chi connectivity index (χ2n) is 13.9. The molecule has 1 saturated carbocycles. The summed E-state index contributed by atoms with van der Waals surface area (Å²) in [6.07, 6.45) is 6.53. The average molecular weight is 762 g/mol. The van der Waals surface area contributed by atoms with Crippen molar-refractivity contribution in [2.45, 2.75) is 50.9 Å². The standard InChI is InChI=1S/C41H43Cl2N3O7/c1-49-36-14-13-30(19-38(36)50-2)37(20-31-32(42)21-44-22-33(31)43)52-40(47)29-11-9-26(10-12-29)23-46(34-5-3-4-6-35(34)51-25-27-7-8-27)41(48)53-39-24-45-17-15-28(39)16-18-45/h3-6,9-14,19,21-22,27-28,37,39H,7-8,15-18,20,23-25H2,1-2H3/p+1/t37-,39-/m0/s1. The molecule has 4 heterocycles. The Morgan fingerprint density at radius 3 is 2.26 bits per heavy atom. The molecule has 0 unspecified atom stereocenters. The molecule has 1 N–H and O–H groups in total. The van der Waals surface area contributed by atoms with Crippen LogP contribution in [0.25, 0.3) is 0 Å². The van der Waals surface area contributed by atoms with Crippen LogP contribution in [0.5, 0.6) is 17.2 Å². The first-order valence-corrected chi connectivity index (χ1v) is 18.8. The number of pyridine rings is 1. The topological polar surface area (TPSA) is 101 Å². The summed E-state index contributed by atoms with van der Waals surface area (Å²) in [4.78, 5) is 34.7. The first kappa shape index (κ1) is 36.8. The molecule has 53 heavy (non-hydrogen) atoms. The minimum absolute atomic E-state index is 0.151. The van der Waals surface area contributed by atoms with Crippen LogP contribution in [0.2, 0.25) is 10.0 Å². The summed E-state index contributed by atoms with van der Waals surface area (Å²) in [6, 6.07) is 20.0. The average Bonchev–Trinajstić information content (AvgIpc) is 4.02. The summed E-state index contributed by atoms with van der Waals surface area (Å²) in [5, 5.41) is 0.832. The Kier molecular flexibility index (Phi) is 11.6. The molecular weight excluding hydrogens is 717 g/mol. The van der Waals surface area contributed by atoms with E-state index < -0.39 is 18.2 Å². The second kappa shape index (κ2) is 16.7. The van der Waals surface area contributed by atoms with E-state index in [2.05, 4.69) is 9.88 Å². The highest BCUT2D eigenvalue weighted by Crippen LogP contribution is 2.37. The van der Waals surface area contributed by atoms with E-state index in [0.29, 0.717) is 68.1 Å². The molecule has 1 aromatic heterocycles. The van der Waals surface area contributed by atoms with Crippen molar-refractivity contribution >= 4 is 41.0 Å². The molecule has 4 aliphatic rings. The molecule has 12 heteroatoms. The van der Waals surface area contributed by atoms with Crippen molar-refractivity contribution in [2.24, 2.45) is 11.8 Å². The normalized spacial score (nSPS) is 19.6. The third-order valence-corrected chi connectivity index (χ3v) is 11.0. The molecule has 1 amide bonds. The van der Waals surface area contributed by atoms with Crippen LogP contribution in [0.4, 0.5) is 10.5 Å². The first-order valence-electron chi connectivity index (χ1n) is 18.1. The number of anilines is 1. The molecular formula is C41H44Cl2N3O7+. The van der Waals surface area contributed by atoms with Gasteiger partial charge in [-0.25, -0.2) is 14.6 Å². The van der Waals surface area contributed by atoms with E-state index in [4.69, 9.17) is 46.9 Å². The fraction of sp³-hybridized carbons (Fsp3) is 0.390. The van der Waals surface area contributed by atoms with E-state index in [0.717, 1.165) is 50.9 Å². The molecule has 2 bridgehead atoms. The smallest absolute Gasteiger partial charge is 0.415 e. The molecule has 0 radical (unpaired) electrons. The van der Waals surface area contributed by atoms with Gasteiger partial charge in [0.15, 0.2) is 23.9 Å². The number of rotatable bonds is 14. The minimum atomic E-state index is -0.761. The molecule has 0 spiro atoms. The highest BCUT2D eigenvalue weighted by Gasteiger charge is 2.38. The van der Waals surface area contributed by atoms with Gasteiger partial charge in [-0.3, -0.25) is 9.80 Å². The fourth-order valence-corrected chi connectivity index (χ4v) is 7.58. The molecule has 1 aliphatic carbocycles. The molecule has 10 nitrogen and oxygen atoms in total. The maximum atomic E-state index is 14.0. The zero-order valence-electron chi connectivity index (χ0n) is 29.9. The molecule has 8 rings (SSSR count). The van der Waals surface area contributed by atoms with E-state index in [-0.39, 0.29) is 19.1 Å². The predicted molar refractivity (Wildman–Crippen MR) is 201 cm³/mol. The number of amides is 1. The number of H-pyrrole nitrogens is 1. The van der Waals surface area contributed by atoms with Crippen molar-refractivity contribution in [1.82, 2.24) is 4.90 Å². The third-order valence-electron chi connectivity index (χ3n) is 10.3. The molecule has 3 aliphatic heterocycles. The van der Waals surface area contributed by atoms with Crippen LogP contribution in [0, 0.1) is 11.8 Å². The van der Waals surface area contributed by atoms with Gasteiger partial charge in [0, 0.05) is 18.5 Å². The molecule has 4 aromatic rings. The minimum Gasteiger partial charge on any atom is -0.493 e. The highest BCUT2D eigenvalue weighted by atomic mass is 35.5. The van der Waals surface area contributed by atoms with Crippen LogP contribution in [-0.4, -0.2) is 63.5 Å². The summed E-state index contributed by atoms with van der Waals surface area (Å²) < 4.78 is 29.5. The van der Waals surface area contributed by atoms with E-state index in [1.54, 1.807) is 55.8 Å². The zero-order chi connectivity index (χ0) is 36.9. The van der Waals surface area contributed by atoms with Gasteiger partial charge in [0.25, 0.3) is 0 Å². The van der Waals surface area contributed by atoms with E-state index in [1.807, 2.05) is 42.5 Å². The van der Waals surface area contributed by atoms with Gasteiger partial charge in [0.2, 0.25) is 0 Å². The third kappa shape index (κ3) is 8.83. The van der Waals surface area contributed by atoms with Crippen molar-refractivity contribution in [3.05, 3.63) is 111 Å². The van der Waals surface area contributed by atoms with Crippen LogP contribution < -0.4 is 24.1 Å². The number of nitrogens with zero attached hydrogens (tertiary/aromatic N) is 2. The maximum Gasteiger partial charge on any atom is 0.415 e. The number of para-hydroxylation sites is 2. The van der Waals surface area contributed by atoms with Crippen LogP contribution in [0.1, 0.15) is 58.8 Å². The highest BCUT2D eigenvalue weighted by molar-refractivity contribution is 6.35. The zero-order valence-corrected chi connectivity index (χ0v) is 31.4. The van der Waals surface area contributed by atoms with Crippen LogP contribution >= 0.6 is 23.2 Å². The number of esters is 1. The lowest BCUT2D eigenvalue weighted by Gasteiger charge is -2.44. The molecule has 4 fully saturated rings. The molecule has 3 aromatic carbocycles. The van der Waals surface area contributed by atoms with Crippen molar-refractivity contribution in [2.75, 3.05) is 45.4 Å². The summed E-state index contributed by atoms with van der Waals surface area (Å²) >= 11 is 13.0. The Morgan fingerprint density at radius 2 is 1.60 bits per heavy atom. The SMILES string of the molecule is COc1ccc([C@H](Cc2c(Cl)c[nH+]cc2Cl)OC(=O)c2ccc(CN(C(=O)O[C@H]3CN4CCC3CC4)c3ccccc3OCC3CC3)cc2)cc1OC. The molecule has 278 valence electrons. The summed E-state index contributed by atoms with van der Waals surface area (Å²) in [5.74, 6) is 2.06. The van der Waals surface area contributed by atoms with Crippen molar-refractivity contribution in [3.8, 4) is 17.2 Å². The maximum absolute atomic E-state index is 14.0. The lowest BCUT2D eigenvalue weighted by molar-refractivity contribution is -0.377. The fourth-order valence-electron chi connectivity index (χ4n) is 7.04. The van der Waals surface area contributed by atoms with Gasteiger partial charge < -0.3 is 23.7 Å². The van der Waals surface area contributed by atoms with Crippen molar-refractivity contribution < 1.29 is 38.3 Å². The number of benzene rings is 3. The summed E-state index contributed by atoms with van der Waals surface area (Å²) in [7, 11) is 3.10. The van der Waals surface area contributed by atoms with E-state index >= 15 is 0 Å². The molecule has 3 saturated heterocycles. The largest absolute Gasteiger partial charge is 0.493 e. The first-order chi connectivity index (χ1) is 25.8. The summed E-state index contributed by atoms with van der Waals surface area (Å²) in [5.41, 5.74) is 3.10. The van der Waals surface area contributed by atoms with Gasteiger partial charge in [0.1, 0.15) is 28.0 Å². The lowest BCUT2D eigenvalue weighted by atomic mass is 9.86. The quantitative estimate of drug-likeness (QED) is 0.119. The monoisotopic (exact) mass is 760 g/mol. The second-order valence-corrected chi connectivity index (χ2v) is 14.7. The van der Waals surface area contributed by atoms with Gasteiger partial charge in [-0.05, 0) is 98.1 Å². The number of methoxy groups -OCH3 is 2. The van der Waals surface area contributed by atoms with Gasteiger partial charge in [-0.15, -0.1) is 0 Å². The van der Waals surface area contributed by atoms with Gasteiger partial charge >= 0.3 is 12.1 Å². The van der Waals surface area contributed by atoms with Gasteiger partial charge in [-0.1, -0.05) is 53.5 Å². The van der Waals surface area contributed by atoms with Crippen molar-refractivity contribution in [3.63, 3.8) is 0 Å². The Balaban J connectivity index is 1.11. The number of halogens is 2. The number of hydrogen-bond donors (Lipinski definition) is 0. The number of fused-ring (bicyclic) bond motifs is 3. The van der Waals surface area contributed by atoms with E-state index in [9.17, 15) is 9.59 Å². The Bertz CT molecular complexity index is 1890. The number of aromatic nitrogens is 1.